The van der Waals surface area contributed by atoms with Gasteiger partial charge in [0, 0.05) is 19.3 Å². The third-order valence-electron chi connectivity index (χ3n) is 4.99. The van der Waals surface area contributed by atoms with E-state index in [9.17, 15) is 4.79 Å². The molecule has 0 unspecified atom stereocenters. The predicted molar refractivity (Wildman–Crippen MR) is 112 cm³/mol. The van der Waals surface area contributed by atoms with Crippen molar-refractivity contribution < 1.29 is 0 Å². The van der Waals surface area contributed by atoms with Gasteiger partial charge in [-0.1, -0.05) is 37.7 Å². The SMILES string of the molecule is Cc1nc(SCc2nnc3n(C)c(=O)c4ccccc4n23)n(CC(C)C)c1C. The number of benzene rings is 1. The number of hydrogen-bond acceptors (Lipinski definition) is 5. The molecule has 4 aromatic rings. The molecule has 0 aliphatic carbocycles. The van der Waals surface area contributed by atoms with Crippen molar-refractivity contribution in [3.05, 3.63) is 51.8 Å². The first-order chi connectivity index (χ1) is 13.4. The average Bonchev–Trinajstić information content (AvgIpc) is 3.21. The molecule has 0 fully saturated rings. The van der Waals surface area contributed by atoms with Crippen LogP contribution in [0, 0.1) is 19.8 Å². The molecule has 0 N–H and O–H groups in total. The summed E-state index contributed by atoms with van der Waals surface area (Å²) in [5, 5.41) is 10.3. The highest BCUT2D eigenvalue weighted by molar-refractivity contribution is 7.98. The van der Waals surface area contributed by atoms with Crippen LogP contribution in [0.2, 0.25) is 0 Å². The van der Waals surface area contributed by atoms with Gasteiger partial charge in [0.2, 0.25) is 5.78 Å². The van der Waals surface area contributed by atoms with E-state index >= 15 is 0 Å². The van der Waals surface area contributed by atoms with Crippen molar-refractivity contribution in [1.29, 1.82) is 0 Å². The quantitative estimate of drug-likeness (QED) is 0.484. The maximum absolute atomic E-state index is 12.6. The summed E-state index contributed by atoms with van der Waals surface area (Å²) >= 11 is 1.66. The van der Waals surface area contributed by atoms with Gasteiger partial charge in [-0.15, -0.1) is 10.2 Å². The zero-order valence-corrected chi connectivity index (χ0v) is 17.6. The first-order valence-corrected chi connectivity index (χ1v) is 10.3. The molecule has 7 nitrogen and oxygen atoms in total. The molecule has 0 spiro atoms. The minimum absolute atomic E-state index is 0.0616. The van der Waals surface area contributed by atoms with Crippen molar-refractivity contribution in [2.24, 2.45) is 13.0 Å². The fourth-order valence-corrected chi connectivity index (χ4v) is 4.44. The van der Waals surface area contributed by atoms with Crippen LogP contribution < -0.4 is 5.56 Å². The van der Waals surface area contributed by atoms with Crippen LogP contribution in [-0.2, 0) is 19.3 Å². The predicted octanol–water partition coefficient (Wildman–Crippen LogP) is 3.34. The lowest BCUT2D eigenvalue weighted by Gasteiger charge is -2.12. The maximum atomic E-state index is 12.6. The van der Waals surface area contributed by atoms with Gasteiger partial charge in [-0.05, 0) is 31.9 Å². The molecule has 0 saturated carbocycles. The fraction of sp³-hybridized carbons (Fsp3) is 0.400. The molecular weight excluding hydrogens is 372 g/mol. The van der Waals surface area contributed by atoms with Gasteiger partial charge in [0.15, 0.2) is 5.16 Å². The Morgan fingerprint density at radius 3 is 2.64 bits per heavy atom. The number of fused-ring (bicyclic) bond motifs is 3. The summed E-state index contributed by atoms with van der Waals surface area (Å²) in [5.74, 6) is 2.52. The number of aryl methyl sites for hydroxylation is 2. The Morgan fingerprint density at radius 1 is 1.14 bits per heavy atom. The molecule has 0 saturated heterocycles. The van der Waals surface area contributed by atoms with Gasteiger partial charge in [-0.3, -0.25) is 13.8 Å². The first kappa shape index (κ1) is 18.7. The second-order valence-electron chi connectivity index (χ2n) is 7.49. The summed E-state index contributed by atoms with van der Waals surface area (Å²) < 4.78 is 5.80. The summed E-state index contributed by atoms with van der Waals surface area (Å²) in [6, 6.07) is 7.59. The number of para-hydroxylation sites is 1. The number of nitrogens with zero attached hydrogens (tertiary/aromatic N) is 6. The smallest absolute Gasteiger partial charge is 0.262 e. The minimum atomic E-state index is -0.0616. The number of thioether (sulfide) groups is 1. The zero-order valence-electron chi connectivity index (χ0n) is 16.8. The van der Waals surface area contributed by atoms with Crippen LogP contribution in [-0.4, -0.2) is 28.7 Å². The topological polar surface area (TPSA) is 70.0 Å². The Balaban J connectivity index is 1.77. The van der Waals surface area contributed by atoms with Crippen molar-refractivity contribution >= 4 is 28.4 Å². The van der Waals surface area contributed by atoms with E-state index in [-0.39, 0.29) is 5.56 Å². The Bertz CT molecular complexity index is 1230. The van der Waals surface area contributed by atoms with Gasteiger partial charge < -0.3 is 4.57 Å². The lowest BCUT2D eigenvalue weighted by atomic mass is 10.2. The lowest BCUT2D eigenvalue weighted by Crippen LogP contribution is -2.20. The van der Waals surface area contributed by atoms with E-state index in [2.05, 4.69) is 35.5 Å². The molecule has 0 atom stereocenters. The van der Waals surface area contributed by atoms with Crippen LogP contribution in [0.3, 0.4) is 0 Å². The lowest BCUT2D eigenvalue weighted by molar-refractivity contribution is 0.486. The molecule has 8 heteroatoms. The molecule has 0 aliphatic rings. The summed E-state index contributed by atoms with van der Waals surface area (Å²) in [5.41, 5.74) is 3.03. The van der Waals surface area contributed by atoms with Crippen molar-refractivity contribution in [1.82, 2.24) is 28.7 Å². The van der Waals surface area contributed by atoms with E-state index in [1.54, 1.807) is 23.4 Å². The maximum Gasteiger partial charge on any atom is 0.262 e. The van der Waals surface area contributed by atoms with Gasteiger partial charge in [0.1, 0.15) is 5.82 Å². The monoisotopic (exact) mass is 396 g/mol. The molecule has 0 aliphatic heterocycles. The molecule has 3 heterocycles. The molecular formula is C20H24N6OS. The average molecular weight is 397 g/mol. The van der Waals surface area contributed by atoms with Crippen LogP contribution in [0.4, 0.5) is 0 Å². The van der Waals surface area contributed by atoms with Crippen molar-refractivity contribution in [3.63, 3.8) is 0 Å². The van der Waals surface area contributed by atoms with Crippen molar-refractivity contribution in [2.45, 2.75) is 45.1 Å². The van der Waals surface area contributed by atoms with Gasteiger partial charge in [0.05, 0.1) is 22.3 Å². The summed E-state index contributed by atoms with van der Waals surface area (Å²) in [6.07, 6.45) is 0. The van der Waals surface area contributed by atoms with Gasteiger partial charge >= 0.3 is 0 Å². The van der Waals surface area contributed by atoms with Gasteiger partial charge in [-0.25, -0.2) is 4.98 Å². The zero-order chi connectivity index (χ0) is 20.0. The molecule has 28 heavy (non-hydrogen) atoms. The molecule has 0 amide bonds. The number of imidazole rings is 1. The molecule has 146 valence electrons. The van der Waals surface area contributed by atoms with E-state index in [0.717, 1.165) is 28.7 Å². The minimum Gasteiger partial charge on any atom is -0.323 e. The van der Waals surface area contributed by atoms with Crippen molar-refractivity contribution in [2.75, 3.05) is 0 Å². The first-order valence-electron chi connectivity index (χ1n) is 9.36. The van der Waals surface area contributed by atoms with Crippen molar-refractivity contribution in [3.8, 4) is 0 Å². The van der Waals surface area contributed by atoms with Crippen LogP contribution in [0.1, 0.15) is 31.1 Å². The number of hydrogen-bond donors (Lipinski definition) is 0. The van der Waals surface area contributed by atoms with E-state index in [0.29, 0.717) is 22.8 Å². The molecule has 0 radical (unpaired) electrons. The highest BCUT2D eigenvalue weighted by Gasteiger charge is 2.17. The van der Waals surface area contributed by atoms with Gasteiger partial charge in [0.25, 0.3) is 5.56 Å². The van der Waals surface area contributed by atoms with Crippen LogP contribution in [0.25, 0.3) is 16.7 Å². The number of aromatic nitrogens is 6. The third kappa shape index (κ3) is 3.01. The second-order valence-corrected chi connectivity index (χ2v) is 8.43. The Morgan fingerprint density at radius 2 is 1.89 bits per heavy atom. The standard InChI is InChI=1S/C20H24N6OS/c1-12(2)10-25-14(4)13(3)21-20(25)28-11-17-22-23-19-24(5)18(27)15-8-6-7-9-16(15)26(17)19/h6-9,12H,10-11H2,1-5H3. The van der Waals surface area contributed by atoms with E-state index in [1.165, 1.54) is 5.69 Å². The van der Waals surface area contributed by atoms with Gasteiger partial charge in [-0.2, -0.15) is 0 Å². The summed E-state index contributed by atoms with van der Waals surface area (Å²) in [4.78, 5) is 17.3. The highest BCUT2D eigenvalue weighted by atomic mass is 32.2. The molecule has 1 aromatic carbocycles. The van der Waals surface area contributed by atoms with Crippen LogP contribution >= 0.6 is 11.8 Å². The van der Waals surface area contributed by atoms with E-state index in [4.69, 9.17) is 4.98 Å². The van der Waals surface area contributed by atoms with Crippen LogP contribution in [0.15, 0.2) is 34.2 Å². The Hall–Kier alpha value is -2.61. The Labute approximate surface area is 167 Å². The highest BCUT2D eigenvalue weighted by Crippen LogP contribution is 2.26. The molecule has 4 rings (SSSR count). The van der Waals surface area contributed by atoms with E-state index in [1.807, 2.05) is 35.6 Å². The van der Waals surface area contributed by atoms with E-state index < -0.39 is 0 Å². The number of rotatable bonds is 5. The molecule has 0 bridgehead atoms. The fourth-order valence-electron chi connectivity index (χ4n) is 3.43. The van der Waals surface area contributed by atoms with Crippen LogP contribution in [0.5, 0.6) is 0 Å². The largest absolute Gasteiger partial charge is 0.323 e. The Kier molecular flexibility index (Phi) is 4.74. The molecule has 3 aromatic heterocycles. The summed E-state index contributed by atoms with van der Waals surface area (Å²) in [7, 11) is 1.73. The normalized spacial score (nSPS) is 11.9. The third-order valence-corrected chi connectivity index (χ3v) is 5.97. The second kappa shape index (κ2) is 7.09. The summed E-state index contributed by atoms with van der Waals surface area (Å²) in [6.45, 7) is 9.52.